The third kappa shape index (κ3) is 3.57. The van der Waals surface area contributed by atoms with Crippen molar-refractivity contribution >= 4 is 33.5 Å². The highest BCUT2D eigenvalue weighted by atomic mass is 127. The number of hydrogen-bond donors (Lipinski definition) is 1. The van der Waals surface area contributed by atoms with E-state index in [1.165, 1.54) is 31.3 Å². The van der Waals surface area contributed by atoms with Crippen molar-refractivity contribution < 1.29 is 0 Å². The predicted molar refractivity (Wildman–Crippen MR) is 132 cm³/mol. The molecule has 2 heterocycles. The van der Waals surface area contributed by atoms with Crippen LogP contribution in [-0.2, 0) is 12.0 Å². The van der Waals surface area contributed by atoms with Crippen molar-refractivity contribution in [1.82, 2.24) is 9.88 Å². The van der Waals surface area contributed by atoms with Crippen molar-refractivity contribution in [2.45, 2.75) is 52.1 Å². The maximum Gasteiger partial charge on any atom is 0.0843 e. The summed E-state index contributed by atoms with van der Waals surface area (Å²) < 4.78 is 1.27. The molecule has 2 nitrogen and oxygen atoms in total. The van der Waals surface area contributed by atoms with Gasteiger partial charge in [0.05, 0.1) is 5.54 Å². The van der Waals surface area contributed by atoms with E-state index in [0.29, 0.717) is 6.04 Å². The summed E-state index contributed by atoms with van der Waals surface area (Å²) in [4.78, 5) is 6.54. The Bertz CT molecular complexity index is 1030. The second-order valence-electron chi connectivity index (χ2n) is 9.44. The van der Waals surface area contributed by atoms with E-state index in [1.54, 1.807) is 0 Å². The maximum atomic E-state index is 4.00. The smallest absolute Gasteiger partial charge is 0.0843 e. The zero-order valence-corrected chi connectivity index (χ0v) is 20.1. The second kappa shape index (κ2) is 7.59. The van der Waals surface area contributed by atoms with E-state index in [4.69, 9.17) is 0 Å². The van der Waals surface area contributed by atoms with Crippen LogP contribution in [0.25, 0.3) is 10.9 Å². The average Bonchev–Trinajstić information content (AvgIpc) is 3.05. The fourth-order valence-corrected chi connectivity index (χ4v) is 5.49. The molecule has 0 spiro atoms. The largest absolute Gasteiger partial charge is 0.356 e. The SMILES string of the molecule is C=CCC(C)(C)CN1[C@H](C)Cc2c([nH]c3ccccc23)[C@@]1(C)c1ccc(I)cc1. The van der Waals surface area contributed by atoms with Gasteiger partial charge in [-0.15, -0.1) is 6.58 Å². The molecule has 4 rings (SSSR count). The van der Waals surface area contributed by atoms with Crippen LogP contribution in [0.4, 0.5) is 0 Å². The number of nitrogens with zero attached hydrogens (tertiary/aromatic N) is 1. The predicted octanol–water partition coefficient (Wildman–Crippen LogP) is 6.88. The summed E-state index contributed by atoms with van der Waals surface area (Å²) in [5, 5.41) is 1.37. The molecule has 1 aromatic heterocycles. The van der Waals surface area contributed by atoms with Gasteiger partial charge in [0.15, 0.2) is 0 Å². The molecule has 0 unspecified atom stereocenters. The van der Waals surface area contributed by atoms with Gasteiger partial charge >= 0.3 is 0 Å². The Morgan fingerprint density at radius 3 is 2.59 bits per heavy atom. The first-order valence-electron chi connectivity index (χ1n) is 10.5. The summed E-state index contributed by atoms with van der Waals surface area (Å²) in [6.45, 7) is 14.5. The molecule has 2 atom stereocenters. The Kier molecular flexibility index (Phi) is 5.41. The van der Waals surface area contributed by atoms with Crippen LogP contribution in [0, 0.1) is 8.99 Å². The number of benzene rings is 2. The number of rotatable bonds is 5. The van der Waals surface area contributed by atoms with Gasteiger partial charge in [-0.3, -0.25) is 4.90 Å². The molecule has 0 fully saturated rings. The fourth-order valence-electron chi connectivity index (χ4n) is 5.13. The minimum absolute atomic E-state index is 0.171. The van der Waals surface area contributed by atoms with Gasteiger partial charge in [-0.25, -0.2) is 0 Å². The fraction of sp³-hybridized carbons (Fsp3) is 0.385. The Morgan fingerprint density at radius 1 is 1.21 bits per heavy atom. The van der Waals surface area contributed by atoms with Crippen molar-refractivity contribution in [3.8, 4) is 0 Å². The minimum atomic E-state index is -0.200. The zero-order valence-electron chi connectivity index (χ0n) is 17.9. The van der Waals surface area contributed by atoms with E-state index in [2.05, 4.69) is 121 Å². The molecule has 29 heavy (non-hydrogen) atoms. The van der Waals surface area contributed by atoms with Gasteiger partial charge < -0.3 is 4.98 Å². The summed E-state index contributed by atoms with van der Waals surface area (Å²) in [5.74, 6) is 0. The van der Waals surface area contributed by atoms with E-state index < -0.39 is 0 Å². The molecular weight excluding hydrogens is 467 g/mol. The number of H-pyrrole nitrogens is 1. The lowest BCUT2D eigenvalue weighted by Crippen LogP contribution is -2.56. The van der Waals surface area contributed by atoms with Crippen molar-refractivity contribution in [2.24, 2.45) is 5.41 Å². The molecule has 2 aromatic carbocycles. The zero-order chi connectivity index (χ0) is 20.8. The van der Waals surface area contributed by atoms with E-state index in [-0.39, 0.29) is 11.0 Å². The summed E-state index contributed by atoms with van der Waals surface area (Å²) in [7, 11) is 0. The average molecular weight is 498 g/mol. The summed E-state index contributed by atoms with van der Waals surface area (Å²) >= 11 is 2.39. The number of halogens is 1. The highest BCUT2D eigenvalue weighted by Gasteiger charge is 2.46. The lowest BCUT2D eigenvalue weighted by atomic mass is 9.76. The summed E-state index contributed by atoms with van der Waals surface area (Å²) in [6.07, 6.45) is 4.15. The topological polar surface area (TPSA) is 19.0 Å². The van der Waals surface area contributed by atoms with Crippen molar-refractivity contribution in [2.75, 3.05) is 6.54 Å². The van der Waals surface area contributed by atoms with E-state index in [1.807, 2.05) is 0 Å². The number of aromatic nitrogens is 1. The van der Waals surface area contributed by atoms with Gasteiger partial charge in [0.25, 0.3) is 0 Å². The van der Waals surface area contributed by atoms with Crippen LogP contribution >= 0.6 is 22.6 Å². The summed E-state index contributed by atoms with van der Waals surface area (Å²) in [5.41, 5.74) is 5.40. The van der Waals surface area contributed by atoms with Gasteiger partial charge in [0.2, 0.25) is 0 Å². The number of para-hydroxylation sites is 1. The molecule has 1 aliphatic heterocycles. The standard InChI is InChI=1S/C26H31IN2/c1-6-15-25(3,4)17-29-18(2)16-22-21-9-7-8-10-23(21)28-24(22)26(29,5)19-11-13-20(27)14-12-19/h6-14,18,28H,1,15-17H2,2-5H3/t18-,26-/m1/s1. The second-order valence-corrected chi connectivity index (χ2v) is 10.7. The monoisotopic (exact) mass is 498 g/mol. The summed E-state index contributed by atoms with van der Waals surface area (Å²) in [6, 6.07) is 18.3. The molecule has 0 aliphatic carbocycles. The van der Waals surface area contributed by atoms with Crippen LogP contribution in [0.1, 0.15) is 50.9 Å². The van der Waals surface area contributed by atoms with Crippen LogP contribution in [0.2, 0.25) is 0 Å². The van der Waals surface area contributed by atoms with Gasteiger partial charge in [-0.05, 0) is 84.0 Å². The Morgan fingerprint density at radius 2 is 1.90 bits per heavy atom. The van der Waals surface area contributed by atoms with E-state index in [9.17, 15) is 0 Å². The lowest BCUT2D eigenvalue weighted by molar-refractivity contribution is 0.0349. The number of nitrogens with one attached hydrogen (secondary N) is 1. The Balaban J connectivity index is 1.93. The van der Waals surface area contributed by atoms with Crippen LogP contribution in [0.3, 0.4) is 0 Å². The number of hydrogen-bond acceptors (Lipinski definition) is 1. The molecule has 3 heteroatoms. The molecular formula is C26H31IN2. The lowest BCUT2D eigenvalue weighted by Gasteiger charge is -2.51. The highest BCUT2D eigenvalue weighted by molar-refractivity contribution is 14.1. The molecule has 152 valence electrons. The number of fused-ring (bicyclic) bond motifs is 3. The molecule has 1 aliphatic rings. The van der Waals surface area contributed by atoms with E-state index in [0.717, 1.165) is 19.4 Å². The van der Waals surface area contributed by atoms with Gasteiger partial charge in [-0.1, -0.05) is 50.3 Å². The van der Waals surface area contributed by atoms with Crippen molar-refractivity contribution in [3.05, 3.63) is 81.6 Å². The normalized spacial score (nSPS) is 22.6. The van der Waals surface area contributed by atoms with Crippen LogP contribution in [0.5, 0.6) is 0 Å². The quantitative estimate of drug-likeness (QED) is 0.300. The van der Waals surface area contributed by atoms with Crippen LogP contribution in [-0.4, -0.2) is 22.5 Å². The minimum Gasteiger partial charge on any atom is -0.356 e. The van der Waals surface area contributed by atoms with Gasteiger partial charge in [-0.2, -0.15) is 0 Å². The van der Waals surface area contributed by atoms with Crippen molar-refractivity contribution in [1.29, 1.82) is 0 Å². The van der Waals surface area contributed by atoms with Gasteiger partial charge in [0, 0.05) is 32.8 Å². The Labute approximate surface area is 188 Å². The van der Waals surface area contributed by atoms with Crippen molar-refractivity contribution in [3.63, 3.8) is 0 Å². The maximum absolute atomic E-state index is 4.00. The molecule has 0 amide bonds. The highest BCUT2D eigenvalue weighted by Crippen LogP contribution is 2.46. The van der Waals surface area contributed by atoms with E-state index >= 15 is 0 Å². The molecule has 3 aromatic rings. The third-order valence-electron chi connectivity index (χ3n) is 6.61. The van der Waals surface area contributed by atoms with Crippen LogP contribution < -0.4 is 0 Å². The first-order chi connectivity index (χ1) is 13.8. The Hall–Kier alpha value is -1.59. The number of allylic oxidation sites excluding steroid dienone is 1. The molecule has 0 saturated heterocycles. The third-order valence-corrected chi connectivity index (χ3v) is 7.33. The molecule has 0 radical (unpaired) electrons. The van der Waals surface area contributed by atoms with Gasteiger partial charge in [0.1, 0.15) is 0 Å². The van der Waals surface area contributed by atoms with Crippen LogP contribution in [0.15, 0.2) is 61.2 Å². The molecule has 0 bridgehead atoms. The first kappa shape index (κ1) is 20.7. The number of aromatic amines is 1. The first-order valence-corrected chi connectivity index (χ1v) is 11.6. The molecule has 1 N–H and O–H groups in total. The molecule has 0 saturated carbocycles.